The lowest BCUT2D eigenvalue weighted by molar-refractivity contribution is 0.731. The third-order valence-corrected chi connectivity index (χ3v) is 1.68. The molecular formula is C6H9N3OS. The van der Waals surface area contributed by atoms with Gasteiger partial charge in [-0.05, 0) is 6.92 Å². The number of aryl methyl sites for hydroxylation is 2. The molecule has 0 unspecified atom stereocenters. The Labute approximate surface area is 69.0 Å². The van der Waals surface area contributed by atoms with Crippen molar-refractivity contribution in [3.63, 3.8) is 0 Å². The van der Waals surface area contributed by atoms with Crippen LogP contribution in [0.5, 0.6) is 0 Å². The number of thiocarbonyl (C=S) groups is 1. The van der Waals surface area contributed by atoms with Crippen molar-refractivity contribution in [1.82, 2.24) is 9.78 Å². The predicted octanol–water partition coefficient (Wildman–Crippen LogP) is -0.344. The number of nitrogens with one attached hydrogen (secondary N) is 1. The summed E-state index contributed by atoms with van der Waals surface area (Å²) < 4.78 is 1.35. The molecule has 0 aliphatic carbocycles. The number of nitrogens with two attached hydrogens (primary N) is 1. The zero-order valence-corrected chi connectivity index (χ0v) is 7.16. The van der Waals surface area contributed by atoms with Crippen LogP contribution in [0.2, 0.25) is 0 Å². The molecule has 0 bridgehead atoms. The summed E-state index contributed by atoms with van der Waals surface area (Å²) in [7, 11) is 1.62. The Hall–Kier alpha value is -1.10. The van der Waals surface area contributed by atoms with Crippen LogP contribution in [-0.4, -0.2) is 14.8 Å². The van der Waals surface area contributed by atoms with E-state index in [-0.39, 0.29) is 10.5 Å². The monoisotopic (exact) mass is 171 g/mol. The fraction of sp³-hybridized carbons (Fsp3) is 0.333. The van der Waals surface area contributed by atoms with Crippen molar-refractivity contribution >= 4 is 17.2 Å². The average Bonchev–Trinajstić information content (AvgIpc) is 2.07. The summed E-state index contributed by atoms with van der Waals surface area (Å²) >= 11 is 4.69. The maximum absolute atomic E-state index is 11.2. The molecule has 1 rings (SSSR count). The molecule has 0 aliphatic rings. The van der Waals surface area contributed by atoms with E-state index in [1.165, 1.54) is 4.68 Å². The van der Waals surface area contributed by atoms with Crippen LogP contribution in [0.15, 0.2) is 4.79 Å². The molecule has 1 aromatic heterocycles. The minimum atomic E-state index is -0.171. The van der Waals surface area contributed by atoms with E-state index in [1.807, 2.05) is 0 Å². The third-order valence-electron chi connectivity index (χ3n) is 1.48. The highest BCUT2D eigenvalue weighted by Crippen LogP contribution is 1.96. The summed E-state index contributed by atoms with van der Waals surface area (Å²) in [6.45, 7) is 1.76. The molecule has 0 fully saturated rings. The Morgan fingerprint density at radius 2 is 2.27 bits per heavy atom. The van der Waals surface area contributed by atoms with Crippen molar-refractivity contribution in [1.29, 1.82) is 0 Å². The van der Waals surface area contributed by atoms with E-state index >= 15 is 0 Å². The van der Waals surface area contributed by atoms with Crippen LogP contribution >= 0.6 is 12.2 Å². The number of aromatic nitrogens is 2. The maximum atomic E-state index is 11.2. The number of hydrogen-bond acceptors (Lipinski definition) is 2. The molecule has 3 N–H and O–H groups in total. The van der Waals surface area contributed by atoms with Gasteiger partial charge in [0.2, 0.25) is 0 Å². The Morgan fingerprint density at radius 3 is 2.45 bits per heavy atom. The first kappa shape index (κ1) is 8.00. The number of nitrogens with zero attached hydrogens (tertiary/aromatic N) is 1. The van der Waals surface area contributed by atoms with Gasteiger partial charge in [-0.25, -0.2) is 0 Å². The molecule has 11 heavy (non-hydrogen) atoms. The maximum Gasteiger partial charge on any atom is 0.276 e. The zero-order valence-electron chi connectivity index (χ0n) is 6.34. The largest absolute Gasteiger partial charge is 0.389 e. The highest BCUT2D eigenvalue weighted by Gasteiger charge is 2.10. The van der Waals surface area contributed by atoms with E-state index in [0.29, 0.717) is 11.3 Å². The molecule has 0 amide bonds. The van der Waals surface area contributed by atoms with Crippen molar-refractivity contribution in [2.75, 3.05) is 0 Å². The first-order chi connectivity index (χ1) is 5.04. The van der Waals surface area contributed by atoms with Crippen molar-refractivity contribution in [2.45, 2.75) is 6.92 Å². The van der Waals surface area contributed by atoms with E-state index in [9.17, 15) is 4.79 Å². The van der Waals surface area contributed by atoms with Crippen LogP contribution in [0.1, 0.15) is 11.3 Å². The van der Waals surface area contributed by atoms with Crippen LogP contribution in [0, 0.1) is 6.92 Å². The standard InChI is InChI=1S/C6H9N3OS/c1-3-4(5(7)11)6(10)9(2)8-3/h8H,1-2H3,(H2,7,11). The van der Waals surface area contributed by atoms with Crippen molar-refractivity contribution in [3.8, 4) is 0 Å². The Bertz CT molecular complexity index is 349. The first-order valence-corrected chi connectivity index (χ1v) is 3.50. The van der Waals surface area contributed by atoms with Crippen LogP contribution in [0.25, 0.3) is 0 Å². The second-order valence-corrected chi connectivity index (χ2v) is 2.78. The molecule has 0 radical (unpaired) electrons. The Morgan fingerprint density at radius 1 is 1.73 bits per heavy atom. The van der Waals surface area contributed by atoms with Crippen molar-refractivity contribution in [2.24, 2.45) is 12.8 Å². The lowest BCUT2D eigenvalue weighted by Crippen LogP contribution is -2.22. The van der Waals surface area contributed by atoms with Gasteiger partial charge in [-0.1, -0.05) is 12.2 Å². The summed E-state index contributed by atoms with van der Waals surface area (Å²) in [6.07, 6.45) is 0. The van der Waals surface area contributed by atoms with Gasteiger partial charge in [0.15, 0.2) is 0 Å². The van der Waals surface area contributed by atoms with Gasteiger partial charge in [0.05, 0.1) is 5.56 Å². The van der Waals surface area contributed by atoms with Crippen molar-refractivity contribution < 1.29 is 0 Å². The Balaban J connectivity index is 3.47. The number of aromatic amines is 1. The number of hydrogen-bond donors (Lipinski definition) is 2. The van der Waals surface area contributed by atoms with Gasteiger partial charge >= 0.3 is 0 Å². The molecule has 1 aromatic rings. The minimum absolute atomic E-state index is 0.143. The molecule has 0 spiro atoms. The lowest BCUT2D eigenvalue weighted by atomic mass is 10.3. The minimum Gasteiger partial charge on any atom is -0.389 e. The molecular weight excluding hydrogens is 162 g/mol. The van der Waals surface area contributed by atoms with Crippen LogP contribution in [-0.2, 0) is 7.05 Å². The molecule has 0 aromatic carbocycles. The van der Waals surface area contributed by atoms with E-state index in [0.717, 1.165) is 0 Å². The van der Waals surface area contributed by atoms with Crippen LogP contribution < -0.4 is 11.3 Å². The SMILES string of the molecule is Cc1[nH]n(C)c(=O)c1C(N)=S. The normalized spacial score (nSPS) is 10.0. The highest BCUT2D eigenvalue weighted by molar-refractivity contribution is 7.80. The highest BCUT2D eigenvalue weighted by atomic mass is 32.1. The average molecular weight is 171 g/mol. The van der Waals surface area contributed by atoms with Crippen molar-refractivity contribution in [3.05, 3.63) is 21.6 Å². The topological polar surface area (TPSA) is 63.8 Å². The zero-order chi connectivity index (χ0) is 8.59. The fourth-order valence-electron chi connectivity index (χ4n) is 0.977. The summed E-state index contributed by atoms with van der Waals surface area (Å²) in [6, 6.07) is 0. The van der Waals surface area contributed by atoms with Crippen LogP contribution in [0.4, 0.5) is 0 Å². The summed E-state index contributed by atoms with van der Waals surface area (Å²) in [5.74, 6) is 0. The molecule has 4 nitrogen and oxygen atoms in total. The molecule has 0 aliphatic heterocycles. The van der Waals surface area contributed by atoms with Gasteiger partial charge in [-0.15, -0.1) is 0 Å². The quantitative estimate of drug-likeness (QED) is 0.568. The lowest BCUT2D eigenvalue weighted by Gasteiger charge is -1.89. The van der Waals surface area contributed by atoms with Gasteiger partial charge in [0.1, 0.15) is 4.99 Å². The molecule has 0 atom stereocenters. The van der Waals surface area contributed by atoms with E-state index in [1.54, 1.807) is 14.0 Å². The fourth-order valence-corrected chi connectivity index (χ4v) is 1.22. The van der Waals surface area contributed by atoms with Gasteiger partial charge in [-0.2, -0.15) is 0 Å². The summed E-state index contributed by atoms with van der Waals surface area (Å²) in [5, 5.41) is 2.79. The number of rotatable bonds is 1. The smallest absolute Gasteiger partial charge is 0.276 e. The predicted molar refractivity (Wildman–Crippen MR) is 46.7 cm³/mol. The number of H-pyrrole nitrogens is 1. The molecule has 5 heteroatoms. The van der Waals surface area contributed by atoms with Gasteiger partial charge in [-0.3, -0.25) is 14.6 Å². The molecule has 1 heterocycles. The van der Waals surface area contributed by atoms with E-state index in [2.05, 4.69) is 5.10 Å². The van der Waals surface area contributed by atoms with Crippen LogP contribution in [0.3, 0.4) is 0 Å². The molecule has 0 saturated carbocycles. The first-order valence-electron chi connectivity index (χ1n) is 3.09. The molecule has 60 valence electrons. The second kappa shape index (κ2) is 2.50. The second-order valence-electron chi connectivity index (χ2n) is 2.34. The Kier molecular flexibility index (Phi) is 1.82. The molecule has 0 saturated heterocycles. The van der Waals surface area contributed by atoms with Gasteiger partial charge in [0.25, 0.3) is 5.56 Å². The van der Waals surface area contributed by atoms with E-state index in [4.69, 9.17) is 18.0 Å². The van der Waals surface area contributed by atoms with E-state index < -0.39 is 0 Å². The summed E-state index contributed by atoms with van der Waals surface area (Å²) in [5.41, 5.74) is 6.27. The van der Waals surface area contributed by atoms with Gasteiger partial charge in [0, 0.05) is 12.7 Å². The summed E-state index contributed by atoms with van der Waals surface area (Å²) in [4.78, 5) is 11.3. The van der Waals surface area contributed by atoms with Gasteiger partial charge < -0.3 is 5.73 Å². The third kappa shape index (κ3) is 1.19.